The summed E-state index contributed by atoms with van der Waals surface area (Å²) in [5.41, 5.74) is 2.10. The smallest absolute Gasteiger partial charge is 0.272 e. The Morgan fingerprint density at radius 1 is 0.955 bits per heavy atom. The van der Waals surface area contributed by atoms with Crippen LogP contribution < -0.4 is 14.8 Å². The van der Waals surface area contributed by atoms with Crippen LogP contribution in [0.25, 0.3) is 10.9 Å². The lowest BCUT2D eigenvalue weighted by Crippen LogP contribution is -2.12. The fraction of sp³-hybridized carbons (Fsp3) is 0.118. The summed E-state index contributed by atoms with van der Waals surface area (Å²) in [7, 11) is 3.22. The monoisotopic (exact) mass is 296 g/mol. The van der Waals surface area contributed by atoms with Crippen molar-refractivity contribution in [3.63, 3.8) is 0 Å². The second kappa shape index (κ2) is 5.81. The maximum atomic E-state index is 12.3. The molecular weight excluding hydrogens is 280 g/mol. The lowest BCUT2D eigenvalue weighted by molar-refractivity contribution is 0.102. The van der Waals surface area contributed by atoms with Crippen LogP contribution in [0.2, 0.25) is 0 Å². The molecule has 112 valence electrons. The molecule has 0 bridgehead atoms. The molecule has 0 aliphatic carbocycles. The molecule has 0 spiro atoms. The van der Waals surface area contributed by atoms with Gasteiger partial charge >= 0.3 is 0 Å². The van der Waals surface area contributed by atoms with Gasteiger partial charge in [-0.15, -0.1) is 0 Å². The number of hydrogen-bond donors (Lipinski definition) is 2. The first-order chi connectivity index (χ1) is 10.7. The number of rotatable bonds is 4. The molecule has 3 rings (SSSR count). The first-order valence-electron chi connectivity index (χ1n) is 6.82. The van der Waals surface area contributed by atoms with Crippen molar-refractivity contribution in [3.8, 4) is 11.5 Å². The second-order valence-corrected chi connectivity index (χ2v) is 4.82. The Morgan fingerprint density at radius 2 is 1.64 bits per heavy atom. The second-order valence-electron chi connectivity index (χ2n) is 4.82. The van der Waals surface area contributed by atoms with E-state index in [1.807, 2.05) is 18.2 Å². The number of carbonyl (C=O) groups is 1. The minimum Gasteiger partial charge on any atom is -0.497 e. The average molecular weight is 296 g/mol. The number of methoxy groups -OCH3 is 2. The first-order valence-corrected chi connectivity index (χ1v) is 6.82. The molecule has 5 heteroatoms. The zero-order valence-electron chi connectivity index (χ0n) is 12.3. The summed E-state index contributed by atoms with van der Waals surface area (Å²) >= 11 is 0. The molecule has 1 amide bonds. The Hall–Kier alpha value is -2.95. The van der Waals surface area contributed by atoms with Gasteiger partial charge in [-0.05, 0) is 48.5 Å². The third-order valence-corrected chi connectivity index (χ3v) is 3.42. The van der Waals surface area contributed by atoms with Crippen LogP contribution >= 0.6 is 0 Å². The number of nitrogens with one attached hydrogen (secondary N) is 2. The molecule has 22 heavy (non-hydrogen) atoms. The summed E-state index contributed by atoms with van der Waals surface area (Å²) < 4.78 is 10.3. The summed E-state index contributed by atoms with van der Waals surface area (Å²) in [6, 6.07) is 14.6. The van der Waals surface area contributed by atoms with Crippen LogP contribution in [0, 0.1) is 0 Å². The van der Waals surface area contributed by atoms with Crippen molar-refractivity contribution in [2.45, 2.75) is 0 Å². The van der Waals surface area contributed by atoms with Gasteiger partial charge in [0, 0.05) is 16.6 Å². The fourth-order valence-electron chi connectivity index (χ4n) is 2.23. The molecule has 5 nitrogen and oxygen atoms in total. The summed E-state index contributed by atoms with van der Waals surface area (Å²) in [4.78, 5) is 15.4. The molecular formula is C17H16N2O3. The van der Waals surface area contributed by atoms with E-state index in [1.54, 1.807) is 44.6 Å². The van der Waals surface area contributed by atoms with Crippen molar-refractivity contribution in [3.05, 3.63) is 54.2 Å². The van der Waals surface area contributed by atoms with Crippen LogP contribution in [-0.4, -0.2) is 25.1 Å². The Morgan fingerprint density at radius 3 is 2.32 bits per heavy atom. The van der Waals surface area contributed by atoms with Gasteiger partial charge in [0.05, 0.1) is 14.2 Å². The standard InChI is InChI=1S/C17H16N2O3/c1-21-13-5-3-12(4-6-13)18-17(20)16-10-11-9-14(22-2)7-8-15(11)19-16/h3-10,19H,1-2H3,(H,18,20). The number of amides is 1. The van der Waals surface area contributed by atoms with Crippen LogP contribution in [-0.2, 0) is 0 Å². The van der Waals surface area contributed by atoms with Crippen LogP contribution in [0.3, 0.4) is 0 Å². The van der Waals surface area contributed by atoms with E-state index >= 15 is 0 Å². The van der Waals surface area contributed by atoms with Crippen LogP contribution in [0.4, 0.5) is 5.69 Å². The molecule has 2 N–H and O–H groups in total. The van der Waals surface area contributed by atoms with Gasteiger partial charge in [-0.1, -0.05) is 0 Å². The number of ether oxygens (including phenoxy) is 2. The molecule has 0 saturated heterocycles. The lowest BCUT2D eigenvalue weighted by atomic mass is 10.2. The van der Waals surface area contributed by atoms with Gasteiger partial charge in [-0.3, -0.25) is 4.79 Å². The summed E-state index contributed by atoms with van der Waals surface area (Å²) in [6.07, 6.45) is 0. The molecule has 0 aliphatic rings. The predicted octanol–water partition coefficient (Wildman–Crippen LogP) is 3.44. The number of aromatic nitrogens is 1. The van der Waals surface area contributed by atoms with Crippen molar-refractivity contribution >= 4 is 22.5 Å². The van der Waals surface area contributed by atoms with Crippen molar-refractivity contribution in [2.24, 2.45) is 0 Å². The van der Waals surface area contributed by atoms with Crippen LogP contribution in [0.5, 0.6) is 11.5 Å². The molecule has 3 aromatic rings. The number of benzene rings is 2. The van der Waals surface area contributed by atoms with E-state index in [2.05, 4.69) is 10.3 Å². The van der Waals surface area contributed by atoms with E-state index in [1.165, 1.54) is 0 Å². The Balaban J connectivity index is 1.81. The molecule has 0 saturated carbocycles. The van der Waals surface area contributed by atoms with Crippen molar-refractivity contribution in [1.29, 1.82) is 0 Å². The van der Waals surface area contributed by atoms with Gasteiger partial charge in [0.1, 0.15) is 17.2 Å². The van der Waals surface area contributed by atoms with Gasteiger partial charge in [-0.2, -0.15) is 0 Å². The summed E-state index contributed by atoms with van der Waals surface area (Å²) in [5.74, 6) is 1.31. The highest BCUT2D eigenvalue weighted by Gasteiger charge is 2.10. The molecule has 0 aliphatic heterocycles. The lowest BCUT2D eigenvalue weighted by Gasteiger charge is -2.04. The average Bonchev–Trinajstić information content (AvgIpc) is 2.98. The summed E-state index contributed by atoms with van der Waals surface area (Å²) in [6.45, 7) is 0. The highest BCUT2D eigenvalue weighted by Crippen LogP contribution is 2.22. The van der Waals surface area contributed by atoms with Gasteiger partial charge in [0.15, 0.2) is 0 Å². The molecule has 1 aromatic heterocycles. The van der Waals surface area contributed by atoms with Gasteiger partial charge in [0.2, 0.25) is 0 Å². The zero-order chi connectivity index (χ0) is 15.5. The zero-order valence-corrected chi connectivity index (χ0v) is 12.3. The highest BCUT2D eigenvalue weighted by molar-refractivity contribution is 6.06. The Labute approximate surface area is 127 Å². The quantitative estimate of drug-likeness (QED) is 0.775. The molecule has 0 fully saturated rings. The van der Waals surface area contributed by atoms with E-state index in [9.17, 15) is 4.79 Å². The van der Waals surface area contributed by atoms with Gasteiger partial charge < -0.3 is 19.8 Å². The predicted molar refractivity (Wildman–Crippen MR) is 85.8 cm³/mol. The number of aromatic amines is 1. The van der Waals surface area contributed by atoms with Crippen molar-refractivity contribution in [2.75, 3.05) is 19.5 Å². The number of carbonyl (C=O) groups excluding carboxylic acids is 1. The van der Waals surface area contributed by atoms with Crippen LogP contribution in [0.15, 0.2) is 48.5 Å². The number of H-pyrrole nitrogens is 1. The Bertz CT molecular complexity index is 806. The molecule has 0 unspecified atom stereocenters. The third-order valence-electron chi connectivity index (χ3n) is 3.42. The van der Waals surface area contributed by atoms with Crippen molar-refractivity contribution < 1.29 is 14.3 Å². The SMILES string of the molecule is COc1ccc(NC(=O)c2cc3cc(OC)ccc3[nH]2)cc1. The molecule has 2 aromatic carbocycles. The number of hydrogen-bond acceptors (Lipinski definition) is 3. The molecule has 1 heterocycles. The third kappa shape index (κ3) is 2.74. The van der Waals surface area contributed by atoms with E-state index in [0.29, 0.717) is 11.4 Å². The molecule has 0 radical (unpaired) electrons. The van der Waals surface area contributed by atoms with Crippen molar-refractivity contribution in [1.82, 2.24) is 4.98 Å². The minimum atomic E-state index is -0.194. The first kappa shape index (κ1) is 14.0. The largest absolute Gasteiger partial charge is 0.497 e. The fourth-order valence-corrected chi connectivity index (χ4v) is 2.23. The van der Waals surface area contributed by atoms with E-state index in [4.69, 9.17) is 9.47 Å². The van der Waals surface area contributed by atoms with Crippen LogP contribution in [0.1, 0.15) is 10.5 Å². The van der Waals surface area contributed by atoms with Gasteiger partial charge in [0.25, 0.3) is 5.91 Å². The minimum absolute atomic E-state index is 0.194. The maximum Gasteiger partial charge on any atom is 0.272 e. The maximum absolute atomic E-state index is 12.3. The van der Waals surface area contributed by atoms with E-state index < -0.39 is 0 Å². The number of anilines is 1. The normalized spacial score (nSPS) is 10.5. The topological polar surface area (TPSA) is 63.4 Å². The number of fused-ring (bicyclic) bond motifs is 1. The van der Waals surface area contributed by atoms with Gasteiger partial charge in [-0.25, -0.2) is 0 Å². The molecule has 0 atom stereocenters. The van der Waals surface area contributed by atoms with E-state index in [0.717, 1.165) is 22.4 Å². The summed E-state index contributed by atoms with van der Waals surface area (Å²) in [5, 5.41) is 3.77. The highest BCUT2D eigenvalue weighted by atomic mass is 16.5. The Kier molecular flexibility index (Phi) is 3.70. The van der Waals surface area contributed by atoms with E-state index in [-0.39, 0.29) is 5.91 Å².